The molecule has 1 aromatic rings. The molecule has 0 N–H and O–H groups in total. The Hall–Kier alpha value is -1.26. The summed E-state index contributed by atoms with van der Waals surface area (Å²) >= 11 is 0. The highest BCUT2D eigenvalue weighted by atomic mass is 28.3. The van der Waals surface area contributed by atoms with Gasteiger partial charge in [-0.15, -0.1) is 5.54 Å². The summed E-state index contributed by atoms with van der Waals surface area (Å²) in [5.41, 5.74) is 5.90. The zero-order chi connectivity index (χ0) is 20.1. The van der Waals surface area contributed by atoms with Crippen LogP contribution >= 0.6 is 0 Å². The molecule has 0 amide bonds. The molecule has 0 radical (unpaired) electrons. The highest BCUT2D eigenvalue weighted by Crippen LogP contribution is 2.40. The number of hydrogen-bond donors (Lipinski definition) is 0. The van der Waals surface area contributed by atoms with Crippen molar-refractivity contribution in [1.29, 1.82) is 0 Å². The topological polar surface area (TPSA) is 31.2 Å². The van der Waals surface area contributed by atoms with Crippen LogP contribution in [0.5, 0.6) is 0 Å². The molecular formula is C21H37NO2Si2. The summed E-state index contributed by atoms with van der Waals surface area (Å²) in [7, 11) is -3.03. The van der Waals surface area contributed by atoms with Crippen molar-refractivity contribution in [2.75, 3.05) is 6.61 Å². The third-order valence-corrected chi connectivity index (χ3v) is 13.3. The number of esters is 1. The minimum absolute atomic E-state index is 0.270. The van der Waals surface area contributed by atoms with Gasteiger partial charge in [-0.05, 0) is 34.8 Å². The first-order valence-electron chi connectivity index (χ1n) is 9.79. The Morgan fingerprint density at radius 1 is 1.08 bits per heavy atom. The summed E-state index contributed by atoms with van der Waals surface area (Å²) in [6.07, 6.45) is 1.86. The summed E-state index contributed by atoms with van der Waals surface area (Å²) in [4.78, 5) is 12.5. The second-order valence-electron chi connectivity index (χ2n) is 9.34. The average Bonchev–Trinajstić information content (AvgIpc) is 2.93. The molecule has 146 valence electrons. The number of rotatable bonds is 7. The fourth-order valence-electron chi connectivity index (χ4n) is 3.76. The van der Waals surface area contributed by atoms with Gasteiger partial charge < -0.3 is 4.74 Å². The van der Waals surface area contributed by atoms with E-state index in [4.69, 9.17) is 4.74 Å². The molecule has 0 atom stereocenters. The zero-order valence-electron chi connectivity index (χ0n) is 18.1. The van der Waals surface area contributed by atoms with E-state index in [0.717, 1.165) is 6.04 Å². The van der Waals surface area contributed by atoms with Gasteiger partial charge in [0, 0.05) is 20.3 Å². The Bertz CT molecular complexity index is 636. The maximum absolute atomic E-state index is 12.5. The number of carbonyl (C=O) groups is 1. The van der Waals surface area contributed by atoms with Crippen LogP contribution in [-0.4, -0.2) is 33.3 Å². The lowest BCUT2D eigenvalue weighted by Gasteiger charge is -2.37. The van der Waals surface area contributed by atoms with Crippen LogP contribution in [0.2, 0.25) is 42.3 Å². The maximum Gasteiger partial charge on any atom is 0.355 e. The van der Waals surface area contributed by atoms with Crippen LogP contribution in [0.15, 0.2) is 18.3 Å². The molecule has 0 aromatic carbocycles. The number of aromatic nitrogens is 1. The molecule has 0 saturated heterocycles. The molecule has 0 spiro atoms. The van der Waals surface area contributed by atoms with Crippen LogP contribution in [-0.2, 0) is 4.74 Å². The fraction of sp³-hybridized carbons (Fsp3) is 0.667. The normalized spacial score (nSPS) is 12.5. The molecule has 5 heteroatoms. The third kappa shape index (κ3) is 5.62. The Balaban J connectivity index is 3.06. The second kappa shape index (κ2) is 9.10. The standard InChI is InChI=1S/C21H37NO2Si2/c1-17(2)26(18(3)4,19(5)6)15-13-22-12-10-11-20(22)21(23)24-14-16-25(7,8)9/h10-12,17-19H,14,16H2,1-9H3. The van der Waals surface area contributed by atoms with Crippen LogP contribution in [0.3, 0.4) is 0 Å². The molecule has 1 aromatic heterocycles. The summed E-state index contributed by atoms with van der Waals surface area (Å²) in [6, 6.07) is 7.95. The van der Waals surface area contributed by atoms with Crippen LogP contribution in [0.4, 0.5) is 0 Å². The molecule has 0 aliphatic rings. The van der Waals surface area contributed by atoms with E-state index in [1.807, 2.05) is 12.3 Å². The smallest absolute Gasteiger partial charge is 0.355 e. The monoisotopic (exact) mass is 391 g/mol. The van der Waals surface area contributed by atoms with Crippen LogP contribution in [0, 0.1) is 11.6 Å². The summed E-state index contributed by atoms with van der Waals surface area (Å²) in [5.74, 6) is -0.270. The van der Waals surface area contributed by atoms with Crippen molar-refractivity contribution in [3.63, 3.8) is 0 Å². The van der Waals surface area contributed by atoms with Crippen LogP contribution in [0.1, 0.15) is 52.0 Å². The number of hydrogen-bond acceptors (Lipinski definition) is 2. The predicted octanol–water partition coefficient (Wildman–Crippen LogP) is 6.01. The van der Waals surface area contributed by atoms with E-state index in [1.165, 1.54) is 0 Å². The Kier molecular flexibility index (Phi) is 7.97. The molecule has 1 heterocycles. The number of carbonyl (C=O) groups excluding carboxylic acids is 1. The van der Waals surface area contributed by atoms with Gasteiger partial charge in [0.2, 0.25) is 0 Å². The van der Waals surface area contributed by atoms with Gasteiger partial charge in [0.1, 0.15) is 13.8 Å². The molecule has 26 heavy (non-hydrogen) atoms. The second-order valence-corrected chi connectivity index (χ2v) is 20.5. The lowest BCUT2D eigenvalue weighted by atomic mass is 10.4. The average molecular weight is 392 g/mol. The van der Waals surface area contributed by atoms with Crippen molar-refractivity contribution in [2.45, 2.75) is 83.9 Å². The highest BCUT2D eigenvalue weighted by molar-refractivity contribution is 6.90. The molecule has 1 rings (SSSR count). The number of nitrogens with zero attached hydrogens (tertiary/aromatic N) is 1. The van der Waals surface area contributed by atoms with Gasteiger partial charge in [0.05, 0.1) is 6.61 Å². The third-order valence-electron chi connectivity index (χ3n) is 5.30. The molecule has 3 nitrogen and oxygen atoms in total. The molecule has 0 saturated carbocycles. The molecule has 0 unspecified atom stereocenters. The van der Waals surface area contributed by atoms with Crippen molar-refractivity contribution in [3.8, 4) is 11.6 Å². The lowest BCUT2D eigenvalue weighted by molar-refractivity contribution is 0.0516. The van der Waals surface area contributed by atoms with Crippen molar-refractivity contribution >= 4 is 22.1 Å². The van der Waals surface area contributed by atoms with Crippen LogP contribution < -0.4 is 0 Å². The largest absolute Gasteiger partial charge is 0.461 e. The van der Waals surface area contributed by atoms with Gasteiger partial charge in [-0.3, -0.25) is 4.57 Å². The van der Waals surface area contributed by atoms with E-state index in [1.54, 1.807) is 10.6 Å². The molecule has 0 aliphatic carbocycles. The first-order valence-corrected chi connectivity index (χ1v) is 15.7. The number of ether oxygens (including phenoxy) is 1. The Morgan fingerprint density at radius 3 is 2.08 bits per heavy atom. The summed E-state index contributed by atoms with van der Waals surface area (Å²) < 4.78 is 7.25. The van der Waals surface area contributed by atoms with Gasteiger partial charge >= 0.3 is 5.97 Å². The quantitative estimate of drug-likeness (QED) is 0.324. The fourth-order valence-corrected chi connectivity index (χ4v) is 9.65. The van der Waals surface area contributed by atoms with E-state index >= 15 is 0 Å². The van der Waals surface area contributed by atoms with Crippen molar-refractivity contribution in [2.24, 2.45) is 0 Å². The Labute approximate surface area is 162 Å². The van der Waals surface area contributed by atoms with Crippen molar-refractivity contribution < 1.29 is 9.53 Å². The summed E-state index contributed by atoms with van der Waals surface area (Å²) in [6.45, 7) is 21.1. The van der Waals surface area contributed by atoms with Gasteiger partial charge in [-0.2, -0.15) is 0 Å². The van der Waals surface area contributed by atoms with Gasteiger partial charge in [-0.1, -0.05) is 61.2 Å². The van der Waals surface area contributed by atoms with E-state index < -0.39 is 16.1 Å². The molecule has 0 aliphatic heterocycles. The van der Waals surface area contributed by atoms with E-state index in [9.17, 15) is 4.79 Å². The Morgan fingerprint density at radius 2 is 1.62 bits per heavy atom. The lowest BCUT2D eigenvalue weighted by Crippen LogP contribution is -2.43. The minimum Gasteiger partial charge on any atom is -0.461 e. The van der Waals surface area contributed by atoms with E-state index in [-0.39, 0.29) is 5.97 Å². The van der Waals surface area contributed by atoms with Gasteiger partial charge in [-0.25, -0.2) is 4.79 Å². The molecular weight excluding hydrogens is 354 g/mol. The predicted molar refractivity (Wildman–Crippen MR) is 117 cm³/mol. The summed E-state index contributed by atoms with van der Waals surface area (Å²) in [5, 5.41) is 0. The zero-order valence-corrected chi connectivity index (χ0v) is 20.1. The highest BCUT2D eigenvalue weighted by Gasteiger charge is 2.41. The van der Waals surface area contributed by atoms with Crippen LogP contribution in [0.25, 0.3) is 0 Å². The SMILES string of the molecule is CC(C)[Si](C#Cn1cccc1C(=O)OCC[Si](C)(C)C)(C(C)C)C(C)C. The van der Waals surface area contributed by atoms with Crippen molar-refractivity contribution in [1.82, 2.24) is 4.57 Å². The molecule has 0 fully saturated rings. The van der Waals surface area contributed by atoms with Gasteiger partial charge in [0.25, 0.3) is 0 Å². The van der Waals surface area contributed by atoms with Gasteiger partial charge in [0.15, 0.2) is 0 Å². The van der Waals surface area contributed by atoms with Crippen molar-refractivity contribution in [3.05, 3.63) is 24.0 Å². The first-order chi connectivity index (χ1) is 11.9. The molecule has 0 bridgehead atoms. The van der Waals surface area contributed by atoms with E-state index in [2.05, 4.69) is 72.8 Å². The van der Waals surface area contributed by atoms with E-state index in [0.29, 0.717) is 28.9 Å². The minimum atomic E-state index is -1.82. The maximum atomic E-state index is 12.5. The first kappa shape index (κ1) is 22.8.